The highest BCUT2D eigenvalue weighted by molar-refractivity contribution is 7.96. The van der Waals surface area contributed by atoms with Gasteiger partial charge in [0, 0.05) is 16.5 Å². The molecule has 6 aromatic carbocycles. The van der Waals surface area contributed by atoms with E-state index in [-0.39, 0.29) is 16.7 Å². The zero-order valence-electron chi connectivity index (χ0n) is 37.3. The van der Waals surface area contributed by atoms with Crippen LogP contribution in [0.1, 0.15) is 60.4 Å². The quantitative estimate of drug-likeness (QED) is 0.0642. The van der Waals surface area contributed by atoms with E-state index in [2.05, 4.69) is 37.4 Å². The van der Waals surface area contributed by atoms with E-state index in [0.29, 0.717) is 5.75 Å². The number of aryl methyl sites for hydroxylation is 1. The molecule has 27 heteroatoms. The van der Waals surface area contributed by atoms with Gasteiger partial charge in [-0.1, -0.05) is 96.6 Å². The molecule has 0 fully saturated rings. The molecule has 0 aliphatic carbocycles. The molecule has 0 bridgehead atoms. The van der Waals surface area contributed by atoms with Crippen molar-refractivity contribution in [3.05, 3.63) is 183 Å². The normalized spacial score (nSPS) is 13.8. The summed E-state index contributed by atoms with van der Waals surface area (Å²) in [5.41, 5.74) is -28.1. The van der Waals surface area contributed by atoms with Crippen LogP contribution in [0.15, 0.2) is 132 Å². The Kier molecular flexibility index (Phi) is 16.4. The fourth-order valence-electron chi connectivity index (χ4n) is 7.83. The molecule has 0 spiro atoms. The van der Waals surface area contributed by atoms with E-state index in [1.165, 1.54) is 10.5 Å². The van der Waals surface area contributed by atoms with Crippen molar-refractivity contribution in [1.29, 1.82) is 0 Å². The Morgan fingerprint density at radius 1 is 0.360 bits per heavy atom. The Morgan fingerprint density at radius 2 is 0.587 bits per heavy atom. The van der Waals surface area contributed by atoms with E-state index >= 15 is 0 Å². The molecule has 75 heavy (non-hydrogen) atoms. The Morgan fingerprint density at radius 3 is 0.800 bits per heavy atom. The van der Waals surface area contributed by atoms with Gasteiger partial charge in [-0.25, -0.2) is 0 Å². The maximum Gasteiger partial charge on any atom is 0.416 e. The predicted octanol–water partition coefficient (Wildman–Crippen LogP) is 14.7. The van der Waals surface area contributed by atoms with Gasteiger partial charge in [-0.15, -0.1) is 0 Å². The minimum atomic E-state index is -6.13. The molecule has 0 aliphatic rings. The molecule has 0 radical (unpaired) electrons. The summed E-state index contributed by atoms with van der Waals surface area (Å²) in [5, 5.41) is 0. The van der Waals surface area contributed by atoms with Crippen molar-refractivity contribution in [2.45, 2.75) is 61.2 Å². The number of alkyl halides is 24. The SMILES string of the molecule is Cc1ccc([S+](C)CC(=O)c2ccccc2)cc1.FC(F)(F)c1cc([B-](c2cc(C(F)(F)F)cc(C(F)(F)F)c2)(c2cc(C(F)(F)F)cc(C(F)(F)F)c2)c2cc(C(F)(F)F)cc(C(F)(F)F)c2)cc(C(F)(F)F)c1. The Balaban J connectivity index is 0.000000483. The summed E-state index contributed by atoms with van der Waals surface area (Å²) in [6.07, 6.45) is -52.7. The smallest absolute Gasteiger partial charge is 0.289 e. The van der Waals surface area contributed by atoms with Crippen molar-refractivity contribution in [1.82, 2.24) is 0 Å². The third-order valence-corrected chi connectivity index (χ3v) is 13.1. The number of Topliss-reactive ketones (excluding diaryl/α,β-unsaturated/α-hetero) is 1. The van der Waals surface area contributed by atoms with E-state index in [9.17, 15) is 110 Å². The molecule has 0 amide bonds. The summed E-state index contributed by atoms with van der Waals surface area (Å²) in [6.45, 7) is 2.08. The summed E-state index contributed by atoms with van der Waals surface area (Å²) in [5.74, 6) is 0.814. The third kappa shape index (κ3) is 14.2. The van der Waals surface area contributed by atoms with E-state index < -0.39 is 195 Å². The zero-order valence-corrected chi connectivity index (χ0v) is 38.1. The first-order chi connectivity index (χ1) is 33.9. The molecule has 404 valence electrons. The van der Waals surface area contributed by atoms with Crippen LogP contribution in [0.2, 0.25) is 0 Å². The van der Waals surface area contributed by atoms with Crippen molar-refractivity contribution in [3.63, 3.8) is 0 Å². The molecule has 1 unspecified atom stereocenters. The third-order valence-electron chi connectivity index (χ3n) is 11.3. The van der Waals surface area contributed by atoms with Gasteiger partial charge in [-0.2, -0.15) is 127 Å². The molecule has 1 nitrogen and oxygen atoms in total. The number of hydrogen-bond donors (Lipinski definition) is 0. The second kappa shape index (κ2) is 20.7. The highest BCUT2D eigenvalue weighted by atomic mass is 32.2. The molecule has 0 saturated carbocycles. The lowest BCUT2D eigenvalue weighted by Gasteiger charge is -2.46. The Hall–Kier alpha value is -6.28. The predicted molar refractivity (Wildman–Crippen MR) is 228 cm³/mol. The molecule has 0 aliphatic heterocycles. The Bertz CT molecular complexity index is 2560. The minimum absolute atomic E-state index is 0.0218. The van der Waals surface area contributed by atoms with Crippen LogP contribution in [0.4, 0.5) is 105 Å². The standard InChI is InChI=1S/C32H12BF24.C16H17OS/c34-25(35,36)13-1-14(26(37,38)39)6-21(5-13)33(22-7-15(27(40,41)42)2-16(8-22)28(43,44)45,23-9-17(29(46,47)48)3-18(10-23)30(49,50)51)24-11-19(31(52,53)54)4-20(12-24)32(55,56)57;1-13-8-10-15(11-9-13)18(2)12-16(17)14-6-4-3-5-7-14/h1-12H;3-11H,12H2,1-2H3/q-1;+1. The van der Waals surface area contributed by atoms with Crippen LogP contribution >= 0.6 is 0 Å². The Labute approximate surface area is 410 Å². The van der Waals surface area contributed by atoms with Gasteiger partial charge in [0.1, 0.15) is 12.4 Å². The molecule has 6 aromatic rings. The van der Waals surface area contributed by atoms with Gasteiger partial charge in [0.15, 0.2) is 10.6 Å². The maximum atomic E-state index is 14.2. The van der Waals surface area contributed by atoms with Crippen LogP contribution in [0.3, 0.4) is 0 Å². The number of hydrogen-bond acceptors (Lipinski definition) is 1. The highest BCUT2D eigenvalue weighted by Crippen LogP contribution is 2.41. The van der Waals surface area contributed by atoms with Gasteiger partial charge in [0.05, 0.1) is 44.5 Å². The van der Waals surface area contributed by atoms with Crippen molar-refractivity contribution in [3.8, 4) is 0 Å². The first kappa shape index (κ1) is 59.6. The van der Waals surface area contributed by atoms with Gasteiger partial charge in [0.2, 0.25) is 5.78 Å². The van der Waals surface area contributed by atoms with Gasteiger partial charge >= 0.3 is 49.4 Å². The average Bonchev–Trinajstić information content (AvgIpc) is 3.27. The lowest BCUT2D eigenvalue weighted by Crippen LogP contribution is -2.75. The molecule has 6 rings (SSSR count). The molecular formula is C48H29BF24OS. The second-order valence-electron chi connectivity index (χ2n) is 16.6. The first-order valence-electron chi connectivity index (χ1n) is 20.6. The minimum Gasteiger partial charge on any atom is -0.289 e. The lowest BCUT2D eigenvalue weighted by atomic mass is 9.12. The summed E-state index contributed by atoms with van der Waals surface area (Å²) in [7, 11) is -0.0218. The summed E-state index contributed by atoms with van der Waals surface area (Å²) in [6, 6.07) is 9.16. The van der Waals surface area contributed by atoms with E-state index in [0.717, 1.165) is 5.56 Å². The number of benzene rings is 6. The van der Waals surface area contributed by atoms with Gasteiger partial charge in [-0.3, -0.25) is 4.79 Å². The lowest BCUT2D eigenvalue weighted by molar-refractivity contribution is -0.144. The summed E-state index contributed by atoms with van der Waals surface area (Å²) in [4.78, 5) is 13.4. The van der Waals surface area contributed by atoms with Gasteiger partial charge < -0.3 is 0 Å². The zero-order chi connectivity index (χ0) is 56.9. The first-order valence-corrected chi connectivity index (χ1v) is 22.4. The fourth-order valence-corrected chi connectivity index (χ4v) is 9.16. The molecule has 0 N–H and O–H groups in total. The molecule has 0 heterocycles. The largest absolute Gasteiger partial charge is 0.416 e. The van der Waals surface area contributed by atoms with Crippen LogP contribution in [0.25, 0.3) is 0 Å². The van der Waals surface area contributed by atoms with Crippen molar-refractivity contribution in [2.24, 2.45) is 0 Å². The summed E-state index contributed by atoms with van der Waals surface area (Å²) < 4.78 is 341. The van der Waals surface area contributed by atoms with Gasteiger partial charge in [0.25, 0.3) is 0 Å². The fraction of sp³-hybridized carbons (Fsp3) is 0.229. The number of carbonyl (C=O) groups excluding carboxylic acids is 1. The topological polar surface area (TPSA) is 17.1 Å². The monoisotopic (exact) mass is 1120 g/mol. The highest BCUT2D eigenvalue weighted by Gasteiger charge is 2.47. The van der Waals surface area contributed by atoms with Crippen molar-refractivity contribution >= 4 is 44.7 Å². The van der Waals surface area contributed by atoms with Crippen LogP contribution in [0.5, 0.6) is 0 Å². The molecule has 0 aromatic heterocycles. The molecule has 1 atom stereocenters. The van der Waals surface area contributed by atoms with E-state index in [1.54, 1.807) is 0 Å². The maximum absolute atomic E-state index is 14.2. The van der Waals surface area contributed by atoms with Crippen molar-refractivity contribution in [2.75, 3.05) is 12.0 Å². The van der Waals surface area contributed by atoms with E-state index in [4.69, 9.17) is 0 Å². The molecule has 0 saturated heterocycles. The van der Waals surface area contributed by atoms with E-state index in [1.807, 2.05) is 30.3 Å². The summed E-state index contributed by atoms with van der Waals surface area (Å²) >= 11 is 0. The average molecular weight is 1120 g/mol. The number of rotatable bonds is 8. The van der Waals surface area contributed by atoms with Crippen molar-refractivity contribution < 1.29 is 110 Å². The number of halogens is 24. The second-order valence-corrected chi connectivity index (χ2v) is 18.6. The number of ketones is 1. The number of carbonyl (C=O) groups is 1. The van der Waals surface area contributed by atoms with Crippen LogP contribution < -0.4 is 21.9 Å². The van der Waals surface area contributed by atoms with Crippen LogP contribution in [-0.2, 0) is 60.3 Å². The van der Waals surface area contributed by atoms with Crippen LogP contribution in [-0.4, -0.2) is 23.9 Å². The van der Waals surface area contributed by atoms with Gasteiger partial charge in [-0.05, 0) is 43.3 Å². The molecular weight excluding hydrogens is 1090 g/mol. The van der Waals surface area contributed by atoms with Crippen LogP contribution in [0, 0.1) is 6.92 Å².